The average molecular weight is 268 g/mol. The molecule has 0 aliphatic heterocycles. The Labute approximate surface area is 124 Å². The number of hydrogen-bond donors (Lipinski definition) is 0. The lowest BCUT2D eigenvalue weighted by Crippen LogP contribution is -1.90. The second-order valence-electron chi connectivity index (χ2n) is 5.50. The van der Waals surface area contributed by atoms with Gasteiger partial charge in [-0.3, -0.25) is 0 Å². The summed E-state index contributed by atoms with van der Waals surface area (Å²) >= 11 is 0. The zero-order valence-electron chi connectivity index (χ0n) is 11.8. The van der Waals surface area contributed by atoms with Crippen molar-refractivity contribution in [3.63, 3.8) is 0 Å². The number of hydrogen-bond acceptors (Lipinski definition) is 0. The van der Waals surface area contributed by atoms with Gasteiger partial charge in [0.2, 0.25) is 0 Å². The first-order valence-electron chi connectivity index (χ1n) is 7.34. The Kier molecular flexibility index (Phi) is 2.93. The monoisotopic (exact) mass is 268 g/mol. The van der Waals surface area contributed by atoms with Gasteiger partial charge in [-0.15, -0.1) is 0 Å². The Bertz CT molecular complexity index is 914. The van der Waals surface area contributed by atoms with Gasteiger partial charge in [0.05, 0.1) is 0 Å². The highest BCUT2D eigenvalue weighted by atomic mass is 14.1. The van der Waals surface area contributed by atoms with E-state index >= 15 is 0 Å². The molecule has 0 bridgehead atoms. The molecule has 0 aromatic heterocycles. The zero-order valence-corrected chi connectivity index (χ0v) is 11.8. The van der Waals surface area contributed by atoms with E-state index in [2.05, 4.69) is 84.9 Å². The molecule has 0 amide bonds. The van der Waals surface area contributed by atoms with Crippen molar-refractivity contribution in [1.82, 2.24) is 0 Å². The van der Waals surface area contributed by atoms with Crippen molar-refractivity contribution in [2.24, 2.45) is 0 Å². The largest absolute Gasteiger partial charge is 0.0616 e. The third kappa shape index (κ3) is 2.30. The highest BCUT2D eigenvalue weighted by molar-refractivity contribution is 5.86. The lowest BCUT2D eigenvalue weighted by molar-refractivity contribution is 1.22. The zero-order chi connectivity index (χ0) is 14.1. The summed E-state index contributed by atoms with van der Waals surface area (Å²) in [5.41, 5.74) is 2.76. The summed E-state index contributed by atoms with van der Waals surface area (Å²) in [4.78, 5) is 0. The van der Waals surface area contributed by atoms with Crippen LogP contribution in [0.25, 0.3) is 21.5 Å². The molecule has 4 aromatic carbocycles. The molecular formula is C21H16. The summed E-state index contributed by atoms with van der Waals surface area (Å²) in [6.07, 6.45) is 0.978. The minimum Gasteiger partial charge on any atom is -0.0616 e. The molecule has 4 rings (SSSR count). The molecule has 4 aromatic rings. The van der Waals surface area contributed by atoms with Gasteiger partial charge in [-0.25, -0.2) is 0 Å². The van der Waals surface area contributed by atoms with Crippen LogP contribution in [-0.2, 0) is 6.42 Å². The molecule has 0 spiro atoms. The second-order valence-corrected chi connectivity index (χ2v) is 5.50. The van der Waals surface area contributed by atoms with E-state index in [1.54, 1.807) is 0 Å². The topological polar surface area (TPSA) is 0 Å². The molecule has 0 saturated carbocycles. The maximum absolute atomic E-state index is 2.30. The molecule has 0 N–H and O–H groups in total. The fourth-order valence-corrected chi connectivity index (χ4v) is 3.02. The molecule has 0 saturated heterocycles. The average Bonchev–Trinajstić information content (AvgIpc) is 2.55. The van der Waals surface area contributed by atoms with E-state index in [0.29, 0.717) is 0 Å². The fraction of sp³-hybridized carbons (Fsp3) is 0.0476. The van der Waals surface area contributed by atoms with E-state index in [9.17, 15) is 0 Å². The van der Waals surface area contributed by atoms with Crippen LogP contribution in [0.2, 0.25) is 0 Å². The van der Waals surface area contributed by atoms with Crippen LogP contribution < -0.4 is 0 Å². The maximum atomic E-state index is 2.30. The Morgan fingerprint density at radius 1 is 0.524 bits per heavy atom. The van der Waals surface area contributed by atoms with Gasteiger partial charge in [0.15, 0.2) is 0 Å². The standard InChI is InChI=1S/C21H16/c1-2-8-19-14-16(12-13-17(19)6-1)15-20-10-5-9-18-7-3-4-11-21(18)20/h1-14H,15H2. The van der Waals surface area contributed by atoms with Crippen molar-refractivity contribution in [3.05, 3.63) is 96.1 Å². The molecule has 0 fully saturated rings. The predicted octanol–water partition coefficient (Wildman–Crippen LogP) is 5.58. The predicted molar refractivity (Wildman–Crippen MR) is 90.7 cm³/mol. The van der Waals surface area contributed by atoms with E-state index in [1.165, 1.54) is 32.7 Å². The molecule has 0 heterocycles. The molecule has 0 heteroatoms. The van der Waals surface area contributed by atoms with Gasteiger partial charge in [0.25, 0.3) is 0 Å². The van der Waals surface area contributed by atoms with Crippen molar-refractivity contribution >= 4 is 21.5 Å². The van der Waals surface area contributed by atoms with Crippen LogP contribution in [0.4, 0.5) is 0 Å². The third-order valence-electron chi connectivity index (χ3n) is 4.09. The molecule has 0 unspecified atom stereocenters. The van der Waals surface area contributed by atoms with Gasteiger partial charge < -0.3 is 0 Å². The first-order valence-corrected chi connectivity index (χ1v) is 7.34. The van der Waals surface area contributed by atoms with Crippen molar-refractivity contribution < 1.29 is 0 Å². The number of rotatable bonds is 2. The quantitative estimate of drug-likeness (QED) is 0.445. The Morgan fingerprint density at radius 3 is 2.14 bits per heavy atom. The normalized spacial score (nSPS) is 11.0. The van der Waals surface area contributed by atoms with Crippen LogP contribution in [0.3, 0.4) is 0 Å². The summed E-state index contributed by atoms with van der Waals surface area (Å²) < 4.78 is 0. The Balaban J connectivity index is 1.79. The molecule has 0 aliphatic carbocycles. The summed E-state index contributed by atoms with van der Waals surface area (Å²) in [7, 11) is 0. The van der Waals surface area contributed by atoms with Crippen LogP contribution in [0.15, 0.2) is 84.9 Å². The van der Waals surface area contributed by atoms with Gasteiger partial charge in [-0.05, 0) is 39.1 Å². The summed E-state index contributed by atoms with van der Waals surface area (Å²) in [5, 5.41) is 5.29. The van der Waals surface area contributed by atoms with E-state index in [0.717, 1.165) is 6.42 Å². The SMILES string of the molecule is c1ccc2cc(Cc3cccc4ccccc34)ccc2c1. The third-order valence-corrected chi connectivity index (χ3v) is 4.09. The summed E-state index contributed by atoms with van der Waals surface area (Å²) in [5.74, 6) is 0. The van der Waals surface area contributed by atoms with Crippen LogP contribution in [-0.4, -0.2) is 0 Å². The van der Waals surface area contributed by atoms with Gasteiger partial charge in [0.1, 0.15) is 0 Å². The van der Waals surface area contributed by atoms with Crippen molar-refractivity contribution in [3.8, 4) is 0 Å². The van der Waals surface area contributed by atoms with Gasteiger partial charge in [0, 0.05) is 0 Å². The molecule has 0 aliphatic rings. The van der Waals surface area contributed by atoms with E-state index in [4.69, 9.17) is 0 Å². The second kappa shape index (κ2) is 5.06. The smallest absolute Gasteiger partial charge is 0.00194 e. The minimum absolute atomic E-state index is 0.978. The number of benzene rings is 4. The molecular weight excluding hydrogens is 252 g/mol. The van der Waals surface area contributed by atoms with Crippen molar-refractivity contribution in [2.45, 2.75) is 6.42 Å². The first kappa shape index (κ1) is 12.2. The van der Waals surface area contributed by atoms with Crippen molar-refractivity contribution in [1.29, 1.82) is 0 Å². The highest BCUT2D eigenvalue weighted by Gasteiger charge is 2.02. The fourth-order valence-electron chi connectivity index (χ4n) is 3.02. The summed E-state index contributed by atoms with van der Waals surface area (Å²) in [6.45, 7) is 0. The van der Waals surface area contributed by atoms with E-state index in [-0.39, 0.29) is 0 Å². The Morgan fingerprint density at radius 2 is 1.24 bits per heavy atom. The van der Waals surface area contributed by atoms with Gasteiger partial charge in [-0.1, -0.05) is 84.9 Å². The maximum Gasteiger partial charge on any atom is -0.00194 e. The lowest BCUT2D eigenvalue weighted by Gasteiger charge is -2.08. The summed E-state index contributed by atoms with van der Waals surface area (Å²) in [6, 6.07) is 30.5. The van der Waals surface area contributed by atoms with Crippen molar-refractivity contribution in [2.75, 3.05) is 0 Å². The van der Waals surface area contributed by atoms with Gasteiger partial charge in [-0.2, -0.15) is 0 Å². The molecule has 100 valence electrons. The van der Waals surface area contributed by atoms with Gasteiger partial charge >= 0.3 is 0 Å². The van der Waals surface area contributed by atoms with E-state index < -0.39 is 0 Å². The van der Waals surface area contributed by atoms with Crippen LogP contribution >= 0.6 is 0 Å². The van der Waals surface area contributed by atoms with Crippen LogP contribution in [0.1, 0.15) is 11.1 Å². The number of fused-ring (bicyclic) bond motifs is 2. The minimum atomic E-state index is 0.978. The van der Waals surface area contributed by atoms with Crippen LogP contribution in [0, 0.1) is 0 Å². The lowest BCUT2D eigenvalue weighted by atomic mass is 9.97. The molecule has 0 radical (unpaired) electrons. The first-order chi connectivity index (χ1) is 10.4. The Hall–Kier alpha value is -2.60. The highest BCUT2D eigenvalue weighted by Crippen LogP contribution is 2.23. The van der Waals surface area contributed by atoms with Crippen LogP contribution in [0.5, 0.6) is 0 Å². The molecule has 0 nitrogen and oxygen atoms in total. The molecule has 0 atom stereocenters. The molecule has 21 heavy (non-hydrogen) atoms. The van der Waals surface area contributed by atoms with E-state index in [1.807, 2.05) is 0 Å².